The average Bonchev–Trinajstić information content (AvgIpc) is 2.65. The summed E-state index contributed by atoms with van der Waals surface area (Å²) in [7, 11) is 0. The molecule has 2 heterocycles. The van der Waals surface area contributed by atoms with Crippen LogP contribution in [0.3, 0.4) is 0 Å². The van der Waals surface area contributed by atoms with E-state index in [1.807, 2.05) is 18.2 Å². The molecule has 98 valence electrons. The lowest BCUT2D eigenvalue weighted by Crippen LogP contribution is -2.48. The Labute approximate surface area is 114 Å². The summed E-state index contributed by atoms with van der Waals surface area (Å²) in [6.07, 6.45) is 0.870. The maximum Gasteiger partial charge on any atom is 0.353 e. The Morgan fingerprint density at radius 3 is 2.84 bits per heavy atom. The molecule has 6 heteroatoms. The summed E-state index contributed by atoms with van der Waals surface area (Å²) in [6.45, 7) is 0. The molecule has 5 nitrogen and oxygen atoms in total. The topological polar surface area (TPSA) is 83.6 Å². The molecular weight excluding hydrogens is 264 g/mol. The number of benzene rings is 1. The summed E-state index contributed by atoms with van der Waals surface area (Å²) in [5.74, 6) is -1.17. The van der Waals surface area contributed by atoms with Gasteiger partial charge >= 0.3 is 5.97 Å². The number of β-lactam (4-membered cyclic amide) rings is 1. The van der Waals surface area contributed by atoms with Gasteiger partial charge in [0, 0.05) is 17.0 Å². The molecule has 3 rings (SSSR count). The Morgan fingerprint density at radius 1 is 1.47 bits per heavy atom. The van der Waals surface area contributed by atoms with Gasteiger partial charge < -0.3 is 10.8 Å². The van der Waals surface area contributed by atoms with Crippen LogP contribution in [0, 0.1) is 0 Å². The normalized spacial score (nSPS) is 21.4. The standard InChI is InChI=1S/C13H12N2O3S/c14-8-4-2-1-3-7(8)5-9-12(13(17)18)15-10(16)6-11(15)19-9/h1-4,11H,5-6,14H2,(H,17,18)/t11-/m1/s1. The molecule has 0 bridgehead atoms. The van der Waals surface area contributed by atoms with Crippen LogP contribution in [0.2, 0.25) is 0 Å². The number of amides is 1. The molecule has 1 aromatic rings. The molecule has 19 heavy (non-hydrogen) atoms. The van der Waals surface area contributed by atoms with E-state index in [9.17, 15) is 14.7 Å². The van der Waals surface area contributed by atoms with Crippen molar-refractivity contribution < 1.29 is 14.7 Å². The van der Waals surface area contributed by atoms with Crippen molar-refractivity contribution >= 4 is 29.3 Å². The summed E-state index contributed by atoms with van der Waals surface area (Å²) in [6, 6.07) is 7.37. The minimum Gasteiger partial charge on any atom is -0.477 e. The molecule has 1 amide bonds. The van der Waals surface area contributed by atoms with E-state index < -0.39 is 5.97 Å². The molecule has 1 saturated heterocycles. The number of hydrogen-bond acceptors (Lipinski definition) is 4. The molecule has 2 aliphatic heterocycles. The van der Waals surface area contributed by atoms with E-state index in [1.165, 1.54) is 16.7 Å². The number of aliphatic carboxylic acids is 1. The molecule has 0 radical (unpaired) electrons. The Hall–Kier alpha value is -1.95. The first-order valence-electron chi connectivity index (χ1n) is 5.86. The van der Waals surface area contributed by atoms with Gasteiger partial charge in [-0.1, -0.05) is 18.2 Å². The lowest BCUT2D eigenvalue weighted by atomic mass is 10.1. The molecule has 0 aliphatic carbocycles. The number of rotatable bonds is 3. The number of nitrogens with zero attached hydrogens (tertiary/aromatic N) is 1. The van der Waals surface area contributed by atoms with Gasteiger partial charge in [0.15, 0.2) is 0 Å². The third kappa shape index (κ3) is 1.88. The molecular formula is C13H12N2O3S. The Morgan fingerprint density at radius 2 is 2.21 bits per heavy atom. The quantitative estimate of drug-likeness (QED) is 0.644. The third-order valence-electron chi connectivity index (χ3n) is 3.30. The van der Waals surface area contributed by atoms with E-state index in [0.717, 1.165) is 5.56 Å². The van der Waals surface area contributed by atoms with Crippen molar-refractivity contribution in [1.82, 2.24) is 4.90 Å². The number of hydrogen-bond donors (Lipinski definition) is 2. The van der Waals surface area contributed by atoms with Gasteiger partial charge in [-0.15, -0.1) is 11.8 Å². The summed E-state index contributed by atoms with van der Waals surface area (Å²) in [4.78, 5) is 24.9. The van der Waals surface area contributed by atoms with Crippen LogP contribution in [-0.4, -0.2) is 27.3 Å². The monoisotopic (exact) mass is 276 g/mol. The lowest BCUT2D eigenvalue weighted by Gasteiger charge is -2.33. The van der Waals surface area contributed by atoms with Gasteiger partial charge in [-0.3, -0.25) is 9.69 Å². The number of anilines is 1. The number of nitrogen functional groups attached to an aromatic ring is 1. The van der Waals surface area contributed by atoms with Crippen LogP contribution in [0.15, 0.2) is 34.9 Å². The molecule has 3 N–H and O–H groups in total. The predicted octanol–water partition coefficient (Wildman–Crippen LogP) is 1.41. The Balaban J connectivity index is 1.94. The molecule has 1 fully saturated rings. The number of allylic oxidation sites excluding steroid dienone is 1. The molecule has 1 aromatic carbocycles. The van der Waals surface area contributed by atoms with Crippen LogP contribution in [0.5, 0.6) is 0 Å². The zero-order valence-corrected chi connectivity index (χ0v) is 10.8. The fraction of sp³-hybridized carbons (Fsp3) is 0.231. The highest BCUT2D eigenvalue weighted by atomic mass is 32.2. The molecule has 2 aliphatic rings. The van der Waals surface area contributed by atoms with Gasteiger partial charge in [-0.2, -0.15) is 0 Å². The van der Waals surface area contributed by atoms with Crippen LogP contribution < -0.4 is 5.73 Å². The average molecular weight is 276 g/mol. The third-order valence-corrected chi connectivity index (χ3v) is 4.57. The number of fused-ring (bicyclic) bond motifs is 1. The van der Waals surface area contributed by atoms with Crippen molar-refractivity contribution in [3.05, 3.63) is 40.4 Å². The highest BCUT2D eigenvalue weighted by molar-refractivity contribution is 8.04. The minimum atomic E-state index is -1.05. The molecule has 0 aromatic heterocycles. The highest BCUT2D eigenvalue weighted by Crippen LogP contribution is 2.47. The molecule has 1 atom stereocenters. The van der Waals surface area contributed by atoms with Gasteiger partial charge in [0.1, 0.15) is 5.70 Å². The first-order valence-corrected chi connectivity index (χ1v) is 6.74. The van der Waals surface area contributed by atoms with Gasteiger partial charge in [0.2, 0.25) is 5.91 Å². The summed E-state index contributed by atoms with van der Waals surface area (Å²) in [5, 5.41) is 9.23. The SMILES string of the molecule is Nc1ccccc1CC1=C(C(=O)O)N2C(=O)C[C@H]2S1. The van der Waals surface area contributed by atoms with E-state index in [1.54, 1.807) is 6.07 Å². The summed E-state index contributed by atoms with van der Waals surface area (Å²) in [5.41, 5.74) is 7.52. The maximum absolute atomic E-state index is 11.5. The van der Waals surface area contributed by atoms with Crippen LogP contribution in [0.25, 0.3) is 0 Å². The van der Waals surface area contributed by atoms with E-state index in [0.29, 0.717) is 23.4 Å². The maximum atomic E-state index is 11.5. The second-order valence-electron chi connectivity index (χ2n) is 4.49. The molecule has 0 unspecified atom stereocenters. The number of carboxylic acids is 1. The first kappa shape index (κ1) is 12.1. The van der Waals surface area contributed by atoms with Crippen LogP contribution in [0.4, 0.5) is 5.69 Å². The van der Waals surface area contributed by atoms with Crippen molar-refractivity contribution in [3.8, 4) is 0 Å². The van der Waals surface area contributed by atoms with Crippen molar-refractivity contribution in [3.63, 3.8) is 0 Å². The van der Waals surface area contributed by atoms with E-state index >= 15 is 0 Å². The number of carboxylic acid groups (broad SMARTS) is 1. The van der Waals surface area contributed by atoms with Gasteiger partial charge in [0.25, 0.3) is 0 Å². The predicted molar refractivity (Wildman–Crippen MR) is 72.1 cm³/mol. The van der Waals surface area contributed by atoms with Crippen LogP contribution in [0.1, 0.15) is 12.0 Å². The first-order chi connectivity index (χ1) is 9.08. The van der Waals surface area contributed by atoms with Gasteiger partial charge in [-0.05, 0) is 11.6 Å². The van der Waals surface area contributed by atoms with Crippen molar-refractivity contribution in [1.29, 1.82) is 0 Å². The number of thioether (sulfide) groups is 1. The Kier molecular flexibility index (Phi) is 2.74. The van der Waals surface area contributed by atoms with Crippen LogP contribution >= 0.6 is 11.8 Å². The number of nitrogens with two attached hydrogens (primary N) is 1. The highest BCUT2D eigenvalue weighted by Gasteiger charge is 2.48. The van der Waals surface area contributed by atoms with Crippen molar-refractivity contribution in [2.45, 2.75) is 18.2 Å². The zero-order chi connectivity index (χ0) is 13.6. The summed E-state index contributed by atoms with van der Waals surface area (Å²) >= 11 is 1.45. The minimum absolute atomic E-state index is 0.0430. The second-order valence-corrected chi connectivity index (χ2v) is 5.77. The summed E-state index contributed by atoms with van der Waals surface area (Å²) < 4.78 is 0. The van der Waals surface area contributed by atoms with Crippen molar-refractivity contribution in [2.24, 2.45) is 0 Å². The fourth-order valence-electron chi connectivity index (χ4n) is 2.32. The Bertz CT molecular complexity index is 612. The van der Waals surface area contributed by atoms with Gasteiger partial charge in [-0.25, -0.2) is 4.79 Å². The number of para-hydroxylation sites is 1. The fourth-order valence-corrected chi connectivity index (χ4v) is 3.74. The van der Waals surface area contributed by atoms with E-state index in [-0.39, 0.29) is 17.0 Å². The smallest absolute Gasteiger partial charge is 0.353 e. The van der Waals surface area contributed by atoms with E-state index in [4.69, 9.17) is 5.73 Å². The largest absolute Gasteiger partial charge is 0.477 e. The van der Waals surface area contributed by atoms with E-state index in [2.05, 4.69) is 0 Å². The zero-order valence-electron chi connectivity index (χ0n) is 10.00. The molecule has 0 spiro atoms. The van der Waals surface area contributed by atoms with Gasteiger partial charge in [0.05, 0.1) is 11.8 Å². The number of carbonyl (C=O) groups excluding carboxylic acids is 1. The van der Waals surface area contributed by atoms with Crippen molar-refractivity contribution in [2.75, 3.05) is 5.73 Å². The molecule has 0 saturated carbocycles. The lowest BCUT2D eigenvalue weighted by molar-refractivity contribution is -0.145. The number of carbonyl (C=O) groups is 2. The van der Waals surface area contributed by atoms with Crippen LogP contribution in [-0.2, 0) is 16.0 Å². The second kappa shape index (κ2) is 4.31.